The first kappa shape index (κ1) is 22.8. The van der Waals surface area contributed by atoms with Crippen LogP contribution in [-0.4, -0.2) is 39.7 Å². The van der Waals surface area contributed by atoms with E-state index < -0.39 is 5.67 Å². The second-order valence-electron chi connectivity index (χ2n) is 8.93. The van der Waals surface area contributed by atoms with Crippen LogP contribution in [0, 0.1) is 5.92 Å². The van der Waals surface area contributed by atoms with Gasteiger partial charge in [-0.25, -0.2) is 4.39 Å². The molecule has 0 radical (unpaired) electrons. The maximum atomic E-state index is 15.1. The van der Waals surface area contributed by atoms with Crippen molar-refractivity contribution in [3.63, 3.8) is 0 Å². The molecule has 0 saturated carbocycles. The van der Waals surface area contributed by atoms with Gasteiger partial charge in [-0.1, -0.05) is 18.6 Å². The number of fused-ring (bicyclic) bond motifs is 1. The number of hydrogen-bond acceptors (Lipinski definition) is 4. The molecule has 160 valence electrons. The van der Waals surface area contributed by atoms with Crippen molar-refractivity contribution in [3.05, 3.63) is 11.4 Å². The molecule has 28 heavy (non-hydrogen) atoms. The van der Waals surface area contributed by atoms with E-state index in [2.05, 4.69) is 22.6 Å². The van der Waals surface area contributed by atoms with Crippen LogP contribution in [0.4, 0.5) is 4.39 Å². The van der Waals surface area contributed by atoms with E-state index in [0.717, 1.165) is 44.2 Å². The number of aromatic nitrogens is 3. The molecule has 0 fully saturated rings. The predicted molar refractivity (Wildman–Crippen MR) is 108 cm³/mol. The van der Waals surface area contributed by atoms with Crippen molar-refractivity contribution < 1.29 is 13.9 Å². The van der Waals surface area contributed by atoms with Crippen LogP contribution in [0.5, 0.6) is 0 Å². The number of ether oxygens (including phenoxy) is 1. The van der Waals surface area contributed by atoms with Crippen molar-refractivity contribution in [1.82, 2.24) is 20.3 Å². The van der Waals surface area contributed by atoms with Gasteiger partial charge in [0, 0.05) is 26.6 Å². The number of halogens is 1. The summed E-state index contributed by atoms with van der Waals surface area (Å²) in [5, 5.41) is 11.0. The molecule has 1 amide bonds. The molecule has 0 aromatic carbocycles. The number of hydrogen-bond donors (Lipinski definition) is 1. The molecule has 1 N–H and O–H groups in total. The highest BCUT2D eigenvalue weighted by atomic mass is 19.1. The molecule has 0 saturated heterocycles. The Morgan fingerprint density at radius 1 is 1.43 bits per heavy atom. The van der Waals surface area contributed by atoms with Crippen molar-refractivity contribution in [2.75, 3.05) is 13.2 Å². The molecule has 1 aromatic rings. The molecule has 0 spiro atoms. The molecule has 0 aliphatic heterocycles. The zero-order valence-electron chi connectivity index (χ0n) is 18.2. The van der Waals surface area contributed by atoms with Gasteiger partial charge in [0.05, 0.1) is 11.3 Å². The molecule has 2 unspecified atom stereocenters. The minimum atomic E-state index is -1.45. The fraction of sp³-hybridized carbons (Fsp3) is 0.857. The molecule has 0 bridgehead atoms. The van der Waals surface area contributed by atoms with Gasteiger partial charge in [-0.3, -0.25) is 9.48 Å². The summed E-state index contributed by atoms with van der Waals surface area (Å²) in [5.41, 5.74) is -0.448. The van der Waals surface area contributed by atoms with Crippen LogP contribution in [0.1, 0.15) is 84.0 Å². The van der Waals surface area contributed by atoms with Crippen molar-refractivity contribution >= 4 is 5.91 Å². The van der Waals surface area contributed by atoms with Gasteiger partial charge in [0.25, 0.3) is 0 Å². The molecule has 2 atom stereocenters. The lowest BCUT2D eigenvalue weighted by atomic mass is 9.83. The van der Waals surface area contributed by atoms with Gasteiger partial charge in [0.1, 0.15) is 5.69 Å². The Labute approximate surface area is 168 Å². The number of nitrogens with one attached hydrogen (secondary N) is 1. The SMILES string of the molecule is CCCCOC(C)(C)CNC(=O)CCC1CCc2c(nnn2C)C(C)(F)CC1. The predicted octanol–water partition coefficient (Wildman–Crippen LogP) is 3.83. The minimum absolute atomic E-state index is 0.0418. The summed E-state index contributed by atoms with van der Waals surface area (Å²) in [6, 6.07) is 0. The molecule has 1 aliphatic rings. The summed E-state index contributed by atoms with van der Waals surface area (Å²) in [4.78, 5) is 12.3. The Bertz CT molecular complexity index is 642. The summed E-state index contributed by atoms with van der Waals surface area (Å²) >= 11 is 0. The second kappa shape index (κ2) is 9.81. The molecule has 1 aromatic heterocycles. The Morgan fingerprint density at radius 2 is 2.18 bits per heavy atom. The van der Waals surface area contributed by atoms with Crippen molar-refractivity contribution in [2.24, 2.45) is 13.0 Å². The molecule has 7 heteroatoms. The zero-order chi connectivity index (χ0) is 20.8. The van der Waals surface area contributed by atoms with Crippen LogP contribution >= 0.6 is 0 Å². The maximum Gasteiger partial charge on any atom is 0.220 e. The largest absolute Gasteiger partial charge is 0.374 e. The molecular weight excluding hydrogens is 359 g/mol. The lowest BCUT2D eigenvalue weighted by Gasteiger charge is -2.27. The highest BCUT2D eigenvalue weighted by Gasteiger charge is 2.35. The van der Waals surface area contributed by atoms with Crippen LogP contribution in [-0.2, 0) is 28.7 Å². The Balaban J connectivity index is 1.80. The van der Waals surface area contributed by atoms with E-state index in [1.165, 1.54) is 0 Å². The summed E-state index contributed by atoms with van der Waals surface area (Å²) in [7, 11) is 1.82. The number of nitrogens with zero attached hydrogens (tertiary/aromatic N) is 3. The smallest absolute Gasteiger partial charge is 0.220 e. The number of alkyl halides is 1. The number of carbonyl (C=O) groups excluding carboxylic acids is 1. The lowest BCUT2D eigenvalue weighted by molar-refractivity contribution is -0.123. The molecular formula is C21H37FN4O2. The van der Waals surface area contributed by atoms with Gasteiger partial charge in [0.2, 0.25) is 5.91 Å². The van der Waals surface area contributed by atoms with E-state index in [1.807, 2.05) is 20.9 Å². The topological polar surface area (TPSA) is 69.0 Å². The maximum absolute atomic E-state index is 15.1. The van der Waals surface area contributed by atoms with Gasteiger partial charge < -0.3 is 10.1 Å². The minimum Gasteiger partial charge on any atom is -0.374 e. The van der Waals surface area contributed by atoms with E-state index in [1.54, 1.807) is 11.6 Å². The fourth-order valence-corrected chi connectivity index (χ4v) is 3.71. The molecule has 6 nitrogen and oxygen atoms in total. The number of amides is 1. The number of aryl methyl sites for hydroxylation is 1. The summed E-state index contributed by atoms with van der Waals surface area (Å²) in [6.45, 7) is 8.95. The van der Waals surface area contributed by atoms with Crippen LogP contribution in [0.2, 0.25) is 0 Å². The van der Waals surface area contributed by atoms with E-state index >= 15 is 4.39 Å². The van der Waals surface area contributed by atoms with Crippen molar-refractivity contribution in [1.29, 1.82) is 0 Å². The molecule has 1 heterocycles. The Hall–Kier alpha value is -1.50. The van der Waals surface area contributed by atoms with E-state index in [-0.39, 0.29) is 11.5 Å². The first-order valence-electron chi connectivity index (χ1n) is 10.6. The quantitative estimate of drug-likeness (QED) is 0.644. The molecule has 2 rings (SSSR count). The third-order valence-electron chi connectivity index (χ3n) is 5.73. The zero-order valence-corrected chi connectivity index (χ0v) is 18.2. The van der Waals surface area contributed by atoms with Crippen molar-refractivity contribution in [2.45, 2.75) is 90.3 Å². The average molecular weight is 397 g/mol. The van der Waals surface area contributed by atoms with Crippen LogP contribution in [0.25, 0.3) is 0 Å². The third kappa shape index (κ3) is 6.54. The van der Waals surface area contributed by atoms with Gasteiger partial charge in [-0.15, -0.1) is 5.10 Å². The standard InChI is InChI=1S/C21H37FN4O2/c1-6-7-14-28-20(2,3)15-23-18(27)11-9-16-8-10-17-19(24-25-26(17)5)21(4,22)13-12-16/h16H,6-15H2,1-5H3,(H,23,27). The van der Waals surface area contributed by atoms with E-state index in [0.29, 0.717) is 37.6 Å². The number of carbonyl (C=O) groups is 1. The number of rotatable bonds is 9. The highest BCUT2D eigenvalue weighted by Crippen LogP contribution is 2.37. The van der Waals surface area contributed by atoms with Gasteiger partial charge in [-0.2, -0.15) is 0 Å². The van der Waals surface area contributed by atoms with Crippen LogP contribution in [0.15, 0.2) is 0 Å². The summed E-state index contributed by atoms with van der Waals surface area (Å²) in [5.74, 6) is 0.373. The van der Waals surface area contributed by atoms with Gasteiger partial charge in [-0.05, 0) is 65.2 Å². The van der Waals surface area contributed by atoms with Crippen LogP contribution in [0.3, 0.4) is 0 Å². The van der Waals surface area contributed by atoms with Crippen LogP contribution < -0.4 is 5.32 Å². The first-order chi connectivity index (χ1) is 13.1. The van der Waals surface area contributed by atoms with E-state index in [4.69, 9.17) is 4.74 Å². The average Bonchev–Trinajstić information content (AvgIpc) is 2.99. The van der Waals surface area contributed by atoms with Gasteiger partial charge >= 0.3 is 0 Å². The Morgan fingerprint density at radius 3 is 2.89 bits per heavy atom. The lowest BCUT2D eigenvalue weighted by Crippen LogP contribution is -2.40. The third-order valence-corrected chi connectivity index (χ3v) is 5.73. The monoisotopic (exact) mass is 396 g/mol. The highest BCUT2D eigenvalue weighted by molar-refractivity contribution is 5.75. The number of unbranched alkanes of at least 4 members (excludes halogenated alkanes) is 1. The Kier molecular flexibility index (Phi) is 7.98. The molecule has 1 aliphatic carbocycles. The summed E-state index contributed by atoms with van der Waals surface area (Å²) in [6.07, 6.45) is 6.24. The van der Waals surface area contributed by atoms with E-state index in [9.17, 15) is 4.79 Å². The fourth-order valence-electron chi connectivity index (χ4n) is 3.71. The first-order valence-corrected chi connectivity index (χ1v) is 10.6. The second-order valence-corrected chi connectivity index (χ2v) is 8.93. The summed E-state index contributed by atoms with van der Waals surface area (Å²) < 4.78 is 22.6. The van der Waals surface area contributed by atoms with Gasteiger partial charge in [0.15, 0.2) is 5.67 Å². The van der Waals surface area contributed by atoms with Crippen molar-refractivity contribution in [3.8, 4) is 0 Å². The normalized spacial score (nSPS) is 23.0.